The van der Waals surface area contributed by atoms with Crippen LogP contribution in [-0.2, 0) is 0 Å². The Morgan fingerprint density at radius 3 is 2.47 bits per heavy atom. The summed E-state index contributed by atoms with van der Waals surface area (Å²) >= 11 is 5.95. The lowest BCUT2D eigenvalue weighted by atomic mass is 10.5. The van der Waals surface area contributed by atoms with Gasteiger partial charge in [-0.3, -0.25) is 0 Å². The second-order valence-corrected chi connectivity index (χ2v) is 4.05. The SMILES string of the molecule is Cc1nn(-c2nc(N)nc(-n3cncn3)n2)cc1Cl. The van der Waals surface area contributed by atoms with Crippen LogP contribution in [0.2, 0.25) is 5.02 Å². The molecule has 0 aliphatic heterocycles. The summed E-state index contributed by atoms with van der Waals surface area (Å²) in [5.41, 5.74) is 6.32. The highest BCUT2D eigenvalue weighted by Gasteiger charge is 2.11. The standard InChI is InChI=1S/C9H8ClN9/c1-5-6(10)2-18(17-5)8-14-7(11)15-9(16-8)19-4-12-3-13-19/h2-4H,1H3,(H2,11,14,15,16). The molecule has 0 unspecified atom stereocenters. The molecule has 0 bridgehead atoms. The van der Waals surface area contributed by atoms with Gasteiger partial charge in [-0.2, -0.15) is 29.8 Å². The van der Waals surface area contributed by atoms with E-state index in [1.807, 2.05) is 0 Å². The average molecular weight is 278 g/mol. The number of nitrogen functional groups attached to an aromatic ring is 1. The van der Waals surface area contributed by atoms with Crippen molar-refractivity contribution in [3.05, 3.63) is 29.6 Å². The van der Waals surface area contributed by atoms with E-state index in [4.69, 9.17) is 17.3 Å². The minimum atomic E-state index is 0.0553. The largest absolute Gasteiger partial charge is 0.368 e. The highest BCUT2D eigenvalue weighted by Crippen LogP contribution is 2.15. The molecule has 9 nitrogen and oxygen atoms in total. The Morgan fingerprint density at radius 2 is 1.89 bits per heavy atom. The molecule has 0 aliphatic carbocycles. The molecule has 0 atom stereocenters. The average Bonchev–Trinajstić information content (AvgIpc) is 3.00. The minimum Gasteiger partial charge on any atom is -0.368 e. The summed E-state index contributed by atoms with van der Waals surface area (Å²) in [4.78, 5) is 16.0. The molecule has 0 saturated carbocycles. The molecule has 0 aromatic carbocycles. The summed E-state index contributed by atoms with van der Waals surface area (Å²) in [7, 11) is 0. The van der Waals surface area contributed by atoms with Gasteiger partial charge >= 0.3 is 0 Å². The van der Waals surface area contributed by atoms with Gasteiger partial charge < -0.3 is 5.73 Å². The van der Waals surface area contributed by atoms with Crippen molar-refractivity contribution in [3.63, 3.8) is 0 Å². The van der Waals surface area contributed by atoms with Gasteiger partial charge in [0.2, 0.25) is 5.95 Å². The molecule has 3 aromatic heterocycles. The minimum absolute atomic E-state index is 0.0553. The molecule has 2 N–H and O–H groups in total. The van der Waals surface area contributed by atoms with Crippen LogP contribution in [0.1, 0.15) is 5.69 Å². The summed E-state index contributed by atoms with van der Waals surface area (Å²) < 4.78 is 2.80. The van der Waals surface area contributed by atoms with Crippen LogP contribution in [0.4, 0.5) is 5.95 Å². The van der Waals surface area contributed by atoms with E-state index in [-0.39, 0.29) is 17.8 Å². The quantitative estimate of drug-likeness (QED) is 0.711. The Balaban J connectivity index is 2.12. The molecule has 19 heavy (non-hydrogen) atoms. The van der Waals surface area contributed by atoms with Crippen molar-refractivity contribution >= 4 is 17.5 Å². The summed E-state index contributed by atoms with van der Waals surface area (Å²) in [6.45, 7) is 1.78. The van der Waals surface area contributed by atoms with E-state index in [1.54, 1.807) is 13.1 Å². The molecule has 3 aromatic rings. The smallest absolute Gasteiger partial charge is 0.258 e. The van der Waals surface area contributed by atoms with Crippen molar-refractivity contribution in [2.24, 2.45) is 0 Å². The molecule has 10 heteroatoms. The van der Waals surface area contributed by atoms with Crippen molar-refractivity contribution in [2.75, 3.05) is 5.73 Å². The number of aryl methyl sites for hydroxylation is 1. The van der Waals surface area contributed by atoms with E-state index < -0.39 is 0 Å². The molecule has 96 valence electrons. The van der Waals surface area contributed by atoms with Crippen LogP contribution in [0.3, 0.4) is 0 Å². The lowest BCUT2D eigenvalue weighted by molar-refractivity contribution is 0.743. The van der Waals surface area contributed by atoms with Crippen LogP contribution in [0, 0.1) is 6.92 Å². The molecule has 3 heterocycles. The van der Waals surface area contributed by atoms with Gasteiger partial charge in [0.25, 0.3) is 11.9 Å². The first-order valence-corrected chi connectivity index (χ1v) is 5.60. The van der Waals surface area contributed by atoms with Crippen LogP contribution in [-0.4, -0.2) is 39.5 Å². The first kappa shape index (κ1) is 11.5. The molecule has 0 saturated heterocycles. The van der Waals surface area contributed by atoms with Crippen LogP contribution < -0.4 is 5.73 Å². The highest BCUT2D eigenvalue weighted by atomic mass is 35.5. The number of nitrogens with two attached hydrogens (primary N) is 1. The maximum Gasteiger partial charge on any atom is 0.258 e. The predicted octanol–water partition coefficient (Wildman–Crippen LogP) is 0.182. The number of hydrogen-bond acceptors (Lipinski definition) is 7. The van der Waals surface area contributed by atoms with Crippen LogP contribution >= 0.6 is 11.6 Å². The lowest BCUT2D eigenvalue weighted by Gasteiger charge is -2.03. The van der Waals surface area contributed by atoms with Crippen molar-refractivity contribution in [1.29, 1.82) is 0 Å². The fraction of sp³-hybridized carbons (Fsp3) is 0.111. The summed E-state index contributed by atoms with van der Waals surface area (Å²) in [5.74, 6) is 0.567. The Morgan fingerprint density at radius 1 is 1.16 bits per heavy atom. The normalized spacial score (nSPS) is 10.8. The Labute approximate surface area is 112 Å². The Bertz CT molecular complexity index is 698. The van der Waals surface area contributed by atoms with Gasteiger partial charge in [0.05, 0.1) is 16.9 Å². The second kappa shape index (κ2) is 4.28. The van der Waals surface area contributed by atoms with Gasteiger partial charge in [-0.05, 0) is 6.92 Å². The van der Waals surface area contributed by atoms with E-state index in [2.05, 4.69) is 30.1 Å². The second-order valence-electron chi connectivity index (χ2n) is 3.64. The predicted molar refractivity (Wildman–Crippen MR) is 66.0 cm³/mol. The molecular formula is C9H8ClN9. The van der Waals surface area contributed by atoms with Crippen molar-refractivity contribution in [2.45, 2.75) is 6.92 Å². The Hall–Kier alpha value is -2.55. The van der Waals surface area contributed by atoms with E-state index in [1.165, 1.54) is 22.0 Å². The molecule has 0 amide bonds. The van der Waals surface area contributed by atoms with E-state index in [0.717, 1.165) is 0 Å². The van der Waals surface area contributed by atoms with Crippen molar-refractivity contribution < 1.29 is 0 Å². The van der Waals surface area contributed by atoms with Gasteiger partial charge in [-0.25, -0.2) is 9.67 Å². The third kappa shape index (κ3) is 2.10. The van der Waals surface area contributed by atoms with E-state index in [9.17, 15) is 0 Å². The zero-order valence-corrected chi connectivity index (χ0v) is 10.5. The number of nitrogens with zero attached hydrogens (tertiary/aromatic N) is 8. The number of hydrogen-bond donors (Lipinski definition) is 1. The lowest BCUT2D eigenvalue weighted by Crippen LogP contribution is -2.11. The number of rotatable bonds is 2. The monoisotopic (exact) mass is 277 g/mol. The fourth-order valence-electron chi connectivity index (χ4n) is 1.43. The van der Waals surface area contributed by atoms with Crippen molar-refractivity contribution in [1.82, 2.24) is 39.5 Å². The zero-order valence-electron chi connectivity index (χ0n) is 9.77. The summed E-state index contributed by atoms with van der Waals surface area (Å²) in [6.07, 6.45) is 4.42. The van der Waals surface area contributed by atoms with Gasteiger partial charge in [-0.1, -0.05) is 11.6 Å². The van der Waals surface area contributed by atoms with Crippen molar-refractivity contribution in [3.8, 4) is 11.9 Å². The van der Waals surface area contributed by atoms with E-state index in [0.29, 0.717) is 10.7 Å². The maximum atomic E-state index is 5.95. The van der Waals surface area contributed by atoms with Gasteiger partial charge in [0, 0.05) is 0 Å². The first-order chi connectivity index (χ1) is 9.13. The molecule has 0 fully saturated rings. The number of aromatic nitrogens is 8. The third-order valence-corrected chi connectivity index (χ3v) is 2.67. The van der Waals surface area contributed by atoms with Gasteiger partial charge in [-0.15, -0.1) is 0 Å². The first-order valence-electron chi connectivity index (χ1n) is 5.22. The zero-order chi connectivity index (χ0) is 13.4. The van der Waals surface area contributed by atoms with Crippen LogP contribution in [0.15, 0.2) is 18.9 Å². The van der Waals surface area contributed by atoms with Crippen LogP contribution in [0.5, 0.6) is 0 Å². The number of anilines is 1. The maximum absolute atomic E-state index is 5.95. The molecular weight excluding hydrogens is 270 g/mol. The molecule has 3 rings (SSSR count). The van der Waals surface area contributed by atoms with Crippen LogP contribution in [0.25, 0.3) is 11.9 Å². The fourth-order valence-corrected chi connectivity index (χ4v) is 1.56. The molecule has 0 spiro atoms. The summed E-state index contributed by atoms with van der Waals surface area (Å²) in [5, 5.41) is 8.62. The highest BCUT2D eigenvalue weighted by molar-refractivity contribution is 6.31. The molecule has 0 radical (unpaired) electrons. The third-order valence-electron chi connectivity index (χ3n) is 2.30. The van der Waals surface area contributed by atoms with E-state index >= 15 is 0 Å². The molecule has 0 aliphatic rings. The van der Waals surface area contributed by atoms with Gasteiger partial charge in [0.15, 0.2) is 0 Å². The van der Waals surface area contributed by atoms with Gasteiger partial charge in [0.1, 0.15) is 12.7 Å². The Kier molecular flexibility index (Phi) is 2.60. The topological polar surface area (TPSA) is 113 Å². The summed E-state index contributed by atoms with van der Waals surface area (Å²) in [6, 6.07) is 0. The number of halogens is 1.